The van der Waals surface area contributed by atoms with Gasteiger partial charge >= 0.3 is 0 Å². The molecule has 5 rings (SSSR count). The van der Waals surface area contributed by atoms with Crippen LogP contribution in [0.4, 0.5) is 0 Å². The summed E-state index contributed by atoms with van der Waals surface area (Å²) in [5, 5.41) is 12.6. The third-order valence-corrected chi connectivity index (χ3v) is 6.62. The Kier molecular flexibility index (Phi) is 2.87. The molecule has 4 nitrogen and oxygen atoms in total. The van der Waals surface area contributed by atoms with E-state index in [4.69, 9.17) is 0 Å². The summed E-state index contributed by atoms with van der Waals surface area (Å²) >= 11 is 1.83. The van der Waals surface area contributed by atoms with E-state index in [2.05, 4.69) is 15.5 Å². The van der Waals surface area contributed by atoms with E-state index in [1.165, 1.54) is 31.4 Å². The van der Waals surface area contributed by atoms with Gasteiger partial charge in [-0.15, -0.1) is 5.10 Å². The van der Waals surface area contributed by atoms with Gasteiger partial charge in [0.1, 0.15) is 0 Å². The molecule has 1 heterocycles. The Bertz CT molecular complexity index is 434. The highest BCUT2D eigenvalue weighted by atomic mass is 32.2. The minimum atomic E-state index is 0.688. The van der Waals surface area contributed by atoms with E-state index < -0.39 is 0 Å². The van der Waals surface area contributed by atoms with E-state index in [-0.39, 0.29) is 0 Å². The summed E-state index contributed by atoms with van der Waals surface area (Å²) < 4.78 is 1.78. The fourth-order valence-corrected chi connectivity index (χ4v) is 6.33. The largest absolute Gasteiger partial charge is 0.224 e. The lowest BCUT2D eigenvalue weighted by Gasteiger charge is -2.57. The van der Waals surface area contributed by atoms with Crippen LogP contribution in [-0.2, 0) is 7.05 Å². The predicted octanol–water partition coefficient (Wildman–Crippen LogP) is 2.91. The van der Waals surface area contributed by atoms with Crippen molar-refractivity contribution in [3.05, 3.63) is 0 Å². The SMILES string of the molecule is Cn1nnnc1SCCC12CC3CC(CC(C3)C1)C2. The van der Waals surface area contributed by atoms with Crippen molar-refractivity contribution in [3.63, 3.8) is 0 Å². The molecule has 4 fully saturated rings. The van der Waals surface area contributed by atoms with Crippen molar-refractivity contribution in [1.29, 1.82) is 0 Å². The number of thioether (sulfide) groups is 1. The van der Waals surface area contributed by atoms with Crippen LogP contribution in [0.3, 0.4) is 0 Å². The van der Waals surface area contributed by atoms with Crippen LogP contribution in [0.25, 0.3) is 0 Å². The number of aryl methyl sites for hydroxylation is 1. The monoisotopic (exact) mass is 278 g/mol. The van der Waals surface area contributed by atoms with E-state index in [9.17, 15) is 0 Å². The van der Waals surface area contributed by atoms with Gasteiger partial charge in [0.25, 0.3) is 0 Å². The molecule has 4 aliphatic rings. The Morgan fingerprint density at radius 3 is 2.32 bits per heavy atom. The summed E-state index contributed by atoms with van der Waals surface area (Å²) in [6.07, 6.45) is 10.5. The van der Waals surface area contributed by atoms with Crippen molar-refractivity contribution in [2.75, 3.05) is 5.75 Å². The van der Waals surface area contributed by atoms with Crippen LogP contribution in [0, 0.1) is 23.2 Å². The number of tetrazole rings is 1. The predicted molar refractivity (Wildman–Crippen MR) is 74.7 cm³/mol. The molecule has 0 saturated heterocycles. The van der Waals surface area contributed by atoms with Gasteiger partial charge in [0.2, 0.25) is 5.16 Å². The van der Waals surface area contributed by atoms with Crippen molar-refractivity contribution >= 4 is 11.8 Å². The first-order valence-corrected chi connectivity index (χ1v) is 8.56. The summed E-state index contributed by atoms with van der Waals surface area (Å²) in [6, 6.07) is 0. The molecule has 19 heavy (non-hydrogen) atoms. The lowest BCUT2D eigenvalue weighted by Crippen LogP contribution is -2.46. The highest BCUT2D eigenvalue weighted by Crippen LogP contribution is 2.61. The Hall–Kier alpha value is -0.580. The summed E-state index contributed by atoms with van der Waals surface area (Å²) in [7, 11) is 1.92. The smallest absolute Gasteiger partial charge is 0.209 e. The maximum atomic E-state index is 4.06. The maximum Gasteiger partial charge on any atom is 0.209 e. The van der Waals surface area contributed by atoms with E-state index in [0.29, 0.717) is 5.41 Å². The van der Waals surface area contributed by atoms with Crippen molar-refractivity contribution in [3.8, 4) is 0 Å². The fraction of sp³-hybridized carbons (Fsp3) is 0.929. The molecule has 0 spiro atoms. The molecule has 4 saturated carbocycles. The van der Waals surface area contributed by atoms with Crippen molar-refractivity contribution in [1.82, 2.24) is 20.2 Å². The molecule has 0 amide bonds. The Morgan fingerprint density at radius 2 is 1.79 bits per heavy atom. The standard InChI is InChI=1S/C14H22N4S/c1-18-13(15-16-17-18)19-3-2-14-7-10-4-11(8-14)6-12(5-10)9-14/h10-12H,2-9H2,1H3. The molecular weight excluding hydrogens is 256 g/mol. The minimum absolute atomic E-state index is 0.688. The number of rotatable bonds is 4. The second-order valence-electron chi connectivity index (χ2n) is 7.10. The van der Waals surface area contributed by atoms with Gasteiger partial charge in [0.15, 0.2) is 0 Å². The lowest BCUT2D eigenvalue weighted by molar-refractivity contribution is -0.0538. The summed E-state index contributed by atoms with van der Waals surface area (Å²) in [6.45, 7) is 0. The van der Waals surface area contributed by atoms with Crippen LogP contribution < -0.4 is 0 Å². The Morgan fingerprint density at radius 1 is 1.16 bits per heavy atom. The number of aromatic nitrogens is 4. The van der Waals surface area contributed by atoms with Gasteiger partial charge in [0.05, 0.1) is 0 Å². The second kappa shape index (κ2) is 4.47. The number of hydrogen-bond donors (Lipinski definition) is 0. The van der Waals surface area contributed by atoms with Crippen molar-refractivity contribution < 1.29 is 0 Å². The quantitative estimate of drug-likeness (QED) is 0.794. The lowest BCUT2D eigenvalue weighted by atomic mass is 9.49. The fourth-order valence-electron chi connectivity index (χ4n) is 5.30. The molecule has 0 atom stereocenters. The molecular formula is C14H22N4S. The summed E-state index contributed by atoms with van der Waals surface area (Å²) in [4.78, 5) is 0. The topological polar surface area (TPSA) is 43.6 Å². The van der Waals surface area contributed by atoms with Gasteiger partial charge in [-0.3, -0.25) is 0 Å². The van der Waals surface area contributed by atoms with Crippen LogP contribution in [-0.4, -0.2) is 26.0 Å². The Balaban J connectivity index is 1.39. The van der Waals surface area contributed by atoms with Crippen LogP contribution in [0.15, 0.2) is 5.16 Å². The van der Waals surface area contributed by atoms with Crippen LogP contribution in [0.1, 0.15) is 44.9 Å². The second-order valence-corrected chi connectivity index (χ2v) is 8.16. The normalized spacial score (nSPS) is 39.9. The zero-order valence-electron chi connectivity index (χ0n) is 11.6. The first-order chi connectivity index (χ1) is 9.22. The average molecular weight is 278 g/mol. The van der Waals surface area contributed by atoms with Gasteiger partial charge in [0, 0.05) is 12.8 Å². The molecule has 0 N–H and O–H groups in total. The van der Waals surface area contributed by atoms with E-state index in [1.807, 2.05) is 18.8 Å². The minimum Gasteiger partial charge on any atom is -0.224 e. The number of nitrogens with zero attached hydrogens (tertiary/aromatic N) is 4. The van der Waals surface area contributed by atoms with E-state index in [0.717, 1.165) is 22.9 Å². The van der Waals surface area contributed by atoms with Gasteiger partial charge < -0.3 is 0 Å². The molecule has 1 aromatic rings. The first kappa shape index (κ1) is 12.2. The molecule has 4 bridgehead atoms. The molecule has 0 aromatic carbocycles. The van der Waals surface area contributed by atoms with Crippen LogP contribution in [0.2, 0.25) is 0 Å². The summed E-state index contributed by atoms with van der Waals surface area (Å²) in [5.74, 6) is 4.37. The van der Waals surface area contributed by atoms with Gasteiger partial charge in [-0.1, -0.05) is 11.8 Å². The molecule has 1 aromatic heterocycles. The molecule has 104 valence electrons. The molecule has 4 aliphatic carbocycles. The molecule has 0 radical (unpaired) electrons. The molecule has 0 unspecified atom stereocenters. The van der Waals surface area contributed by atoms with Crippen molar-refractivity contribution in [2.24, 2.45) is 30.2 Å². The van der Waals surface area contributed by atoms with Crippen LogP contribution in [0.5, 0.6) is 0 Å². The summed E-state index contributed by atoms with van der Waals surface area (Å²) in [5.41, 5.74) is 0.688. The van der Waals surface area contributed by atoms with Crippen molar-refractivity contribution in [2.45, 2.75) is 50.1 Å². The average Bonchev–Trinajstić information content (AvgIpc) is 2.73. The Labute approximate surface area is 118 Å². The molecule has 5 heteroatoms. The van der Waals surface area contributed by atoms with Gasteiger partial charge in [-0.25, -0.2) is 4.68 Å². The molecule has 0 aliphatic heterocycles. The highest BCUT2D eigenvalue weighted by molar-refractivity contribution is 7.99. The van der Waals surface area contributed by atoms with Gasteiger partial charge in [-0.05, 0) is 78.5 Å². The first-order valence-electron chi connectivity index (χ1n) is 7.58. The van der Waals surface area contributed by atoms with Crippen LogP contribution >= 0.6 is 11.8 Å². The van der Waals surface area contributed by atoms with E-state index in [1.54, 1.807) is 23.9 Å². The maximum absolute atomic E-state index is 4.06. The number of hydrogen-bond acceptors (Lipinski definition) is 4. The third kappa shape index (κ3) is 2.20. The zero-order valence-corrected chi connectivity index (χ0v) is 12.4. The van der Waals surface area contributed by atoms with Gasteiger partial charge in [-0.2, -0.15) is 0 Å². The zero-order chi connectivity index (χ0) is 12.9. The third-order valence-electron chi connectivity index (χ3n) is 5.61. The van der Waals surface area contributed by atoms with E-state index >= 15 is 0 Å². The highest BCUT2D eigenvalue weighted by Gasteiger charge is 2.50.